The smallest absolute Gasteiger partial charge is 0.0484 e. The zero-order valence-electron chi connectivity index (χ0n) is 13.9. The highest BCUT2D eigenvalue weighted by molar-refractivity contribution is 6.33. The van der Waals surface area contributed by atoms with E-state index in [4.69, 9.17) is 11.6 Å². The predicted molar refractivity (Wildman–Crippen MR) is 101 cm³/mol. The van der Waals surface area contributed by atoms with Crippen LogP contribution in [-0.4, -0.2) is 25.7 Å². The summed E-state index contributed by atoms with van der Waals surface area (Å²) in [6, 6.07) is 13.8. The minimum Gasteiger partial charge on any atom is -0.367 e. The van der Waals surface area contributed by atoms with Gasteiger partial charge in [0.1, 0.15) is 0 Å². The molecule has 2 aromatic rings. The van der Waals surface area contributed by atoms with Crippen LogP contribution in [0.3, 0.4) is 0 Å². The lowest BCUT2D eigenvalue weighted by molar-refractivity contribution is 0.401. The molecule has 0 bridgehead atoms. The molecule has 24 heavy (non-hydrogen) atoms. The van der Waals surface area contributed by atoms with Gasteiger partial charge in [0.15, 0.2) is 0 Å². The summed E-state index contributed by atoms with van der Waals surface area (Å²) in [5.74, 6) is 0.632. The highest BCUT2D eigenvalue weighted by Crippen LogP contribution is 2.48. The molecule has 0 unspecified atom stereocenters. The summed E-state index contributed by atoms with van der Waals surface area (Å²) in [4.78, 5) is 2.74. The highest BCUT2D eigenvalue weighted by atomic mass is 35.5. The molecule has 0 aliphatic carbocycles. The molecule has 3 aliphatic rings. The van der Waals surface area contributed by atoms with Crippen LogP contribution in [0.4, 0.5) is 5.69 Å². The third-order valence-corrected chi connectivity index (χ3v) is 6.36. The van der Waals surface area contributed by atoms with Crippen LogP contribution in [0.25, 0.3) is 11.1 Å². The van der Waals surface area contributed by atoms with Crippen molar-refractivity contribution in [3.05, 3.63) is 52.5 Å². The molecular formula is C21H23ClN2. The van der Waals surface area contributed by atoms with Gasteiger partial charge < -0.3 is 10.2 Å². The number of rotatable bonds is 1. The van der Waals surface area contributed by atoms with Crippen molar-refractivity contribution in [1.29, 1.82) is 0 Å². The summed E-state index contributed by atoms with van der Waals surface area (Å²) in [5.41, 5.74) is 7.11. The zero-order valence-corrected chi connectivity index (χ0v) is 14.6. The SMILES string of the molecule is Clc1ccccc1-c1cc2c3c(c1)[C@@H]1CNCC[C@@H]1N3CCCC2. The number of hydrogen-bond donors (Lipinski definition) is 1. The Balaban J connectivity index is 1.70. The molecule has 3 heterocycles. The Morgan fingerprint density at radius 2 is 2.04 bits per heavy atom. The topological polar surface area (TPSA) is 15.3 Å². The van der Waals surface area contributed by atoms with Gasteiger partial charge in [-0.15, -0.1) is 0 Å². The van der Waals surface area contributed by atoms with Crippen molar-refractivity contribution in [2.24, 2.45) is 0 Å². The van der Waals surface area contributed by atoms with Gasteiger partial charge in [-0.05, 0) is 67.1 Å². The number of nitrogens with zero attached hydrogens (tertiary/aromatic N) is 1. The number of hydrogen-bond acceptors (Lipinski definition) is 2. The first-order chi connectivity index (χ1) is 11.8. The molecule has 2 atom stereocenters. The molecule has 1 saturated heterocycles. The highest BCUT2D eigenvalue weighted by Gasteiger charge is 2.41. The van der Waals surface area contributed by atoms with Crippen molar-refractivity contribution in [1.82, 2.24) is 5.32 Å². The second-order valence-corrected chi connectivity index (χ2v) is 7.78. The van der Waals surface area contributed by atoms with E-state index in [1.807, 2.05) is 12.1 Å². The fraction of sp³-hybridized carbons (Fsp3) is 0.429. The molecule has 2 nitrogen and oxygen atoms in total. The minimum atomic E-state index is 0.632. The first-order valence-electron chi connectivity index (χ1n) is 9.22. The van der Waals surface area contributed by atoms with Crippen molar-refractivity contribution in [2.75, 3.05) is 24.5 Å². The van der Waals surface area contributed by atoms with Gasteiger partial charge in [-0.3, -0.25) is 0 Å². The van der Waals surface area contributed by atoms with Crippen LogP contribution in [0.15, 0.2) is 36.4 Å². The van der Waals surface area contributed by atoms with Gasteiger partial charge in [0.05, 0.1) is 0 Å². The van der Waals surface area contributed by atoms with Gasteiger partial charge in [0, 0.05) is 41.3 Å². The van der Waals surface area contributed by atoms with Crippen LogP contribution in [0.2, 0.25) is 5.02 Å². The molecule has 2 aromatic carbocycles. The zero-order chi connectivity index (χ0) is 16.1. The number of anilines is 1. The summed E-state index contributed by atoms with van der Waals surface area (Å²) in [6.45, 7) is 3.49. The van der Waals surface area contributed by atoms with Crippen LogP contribution in [-0.2, 0) is 6.42 Å². The lowest BCUT2D eigenvalue weighted by Crippen LogP contribution is -2.44. The third-order valence-electron chi connectivity index (χ3n) is 6.03. The van der Waals surface area contributed by atoms with Gasteiger partial charge in [0.25, 0.3) is 0 Å². The maximum atomic E-state index is 6.49. The molecule has 0 saturated carbocycles. The molecule has 5 rings (SSSR count). The first-order valence-corrected chi connectivity index (χ1v) is 9.60. The Labute approximate surface area is 148 Å². The Morgan fingerprint density at radius 3 is 2.96 bits per heavy atom. The quantitative estimate of drug-likeness (QED) is 0.817. The molecule has 3 heteroatoms. The second kappa shape index (κ2) is 5.79. The van der Waals surface area contributed by atoms with Crippen molar-refractivity contribution in [3.8, 4) is 11.1 Å². The van der Waals surface area contributed by atoms with Crippen molar-refractivity contribution in [2.45, 2.75) is 37.6 Å². The Hall–Kier alpha value is -1.51. The van der Waals surface area contributed by atoms with Crippen LogP contribution in [0.1, 0.15) is 36.3 Å². The maximum Gasteiger partial charge on any atom is 0.0484 e. The van der Waals surface area contributed by atoms with Gasteiger partial charge in [-0.2, -0.15) is 0 Å². The van der Waals surface area contributed by atoms with Crippen molar-refractivity contribution in [3.63, 3.8) is 0 Å². The maximum absolute atomic E-state index is 6.49. The fourth-order valence-electron chi connectivity index (χ4n) is 4.97. The summed E-state index contributed by atoms with van der Waals surface area (Å²) in [6.07, 6.45) is 5.07. The fourth-order valence-corrected chi connectivity index (χ4v) is 5.21. The van der Waals surface area contributed by atoms with E-state index >= 15 is 0 Å². The lowest BCUT2D eigenvalue weighted by Gasteiger charge is -2.33. The van der Waals surface area contributed by atoms with Crippen LogP contribution >= 0.6 is 11.6 Å². The number of halogens is 1. The standard InChI is InChI=1S/C21H23ClN2/c22-19-7-2-1-6-16(19)15-11-14-5-3-4-10-24-20-8-9-23-13-18(20)17(12-15)21(14)24/h1-2,6-7,11-12,18,20,23H,3-5,8-10,13H2/t18-,20-/m0/s1. The third kappa shape index (κ3) is 2.20. The summed E-state index contributed by atoms with van der Waals surface area (Å²) < 4.78 is 0. The van der Waals surface area contributed by atoms with E-state index in [0.717, 1.165) is 18.1 Å². The number of benzene rings is 2. The number of fused-ring (bicyclic) bond motifs is 3. The molecule has 3 aliphatic heterocycles. The second-order valence-electron chi connectivity index (χ2n) is 7.37. The van der Waals surface area contributed by atoms with Crippen LogP contribution in [0.5, 0.6) is 0 Å². The minimum absolute atomic E-state index is 0.632. The van der Waals surface area contributed by atoms with E-state index in [2.05, 4.69) is 34.5 Å². The van der Waals surface area contributed by atoms with Gasteiger partial charge >= 0.3 is 0 Å². The number of aryl methyl sites for hydroxylation is 1. The molecule has 0 radical (unpaired) electrons. The molecular weight excluding hydrogens is 316 g/mol. The molecule has 0 amide bonds. The normalized spacial score (nSPS) is 25.1. The Bertz CT molecular complexity index is 785. The monoisotopic (exact) mass is 338 g/mol. The van der Waals surface area contributed by atoms with Crippen molar-refractivity contribution < 1.29 is 0 Å². The molecule has 1 N–H and O–H groups in total. The van der Waals surface area contributed by atoms with Gasteiger partial charge in [-0.1, -0.05) is 29.8 Å². The van der Waals surface area contributed by atoms with E-state index < -0.39 is 0 Å². The van der Waals surface area contributed by atoms with Crippen molar-refractivity contribution >= 4 is 17.3 Å². The van der Waals surface area contributed by atoms with Gasteiger partial charge in [-0.25, -0.2) is 0 Å². The Kier molecular flexibility index (Phi) is 3.57. The van der Waals surface area contributed by atoms with E-state index in [0.29, 0.717) is 12.0 Å². The number of nitrogens with one attached hydrogen (secondary N) is 1. The molecule has 1 fully saturated rings. The van der Waals surface area contributed by atoms with E-state index in [1.165, 1.54) is 48.9 Å². The Morgan fingerprint density at radius 1 is 1.12 bits per heavy atom. The van der Waals surface area contributed by atoms with E-state index in [9.17, 15) is 0 Å². The predicted octanol–water partition coefficient (Wildman–Crippen LogP) is 4.61. The molecule has 0 aromatic heterocycles. The molecule has 0 spiro atoms. The summed E-state index contributed by atoms with van der Waals surface area (Å²) >= 11 is 6.49. The average Bonchev–Trinajstić information content (AvgIpc) is 2.77. The summed E-state index contributed by atoms with van der Waals surface area (Å²) in [5, 5.41) is 4.47. The average molecular weight is 339 g/mol. The molecule has 124 valence electrons. The van der Waals surface area contributed by atoms with Gasteiger partial charge in [0.2, 0.25) is 0 Å². The summed E-state index contributed by atoms with van der Waals surface area (Å²) in [7, 11) is 0. The van der Waals surface area contributed by atoms with E-state index in [1.54, 1.807) is 11.3 Å². The van der Waals surface area contributed by atoms with Crippen LogP contribution < -0.4 is 10.2 Å². The lowest BCUT2D eigenvalue weighted by atomic mass is 9.87. The largest absolute Gasteiger partial charge is 0.367 e. The van der Waals surface area contributed by atoms with E-state index in [-0.39, 0.29) is 0 Å². The first kappa shape index (κ1) is 14.8. The van der Waals surface area contributed by atoms with Crippen LogP contribution in [0, 0.1) is 0 Å². The number of piperidine rings is 1.